The van der Waals surface area contributed by atoms with Gasteiger partial charge in [-0.3, -0.25) is 20.4 Å². The topological polar surface area (TPSA) is 118 Å². The molecule has 2 amide bonds. The van der Waals surface area contributed by atoms with E-state index in [1.807, 2.05) is 12.1 Å². The fraction of sp³-hybridized carbons (Fsp3) is 0.360. The molecule has 1 aliphatic carbocycles. The summed E-state index contributed by atoms with van der Waals surface area (Å²) in [5.74, 6) is 0.490. The van der Waals surface area contributed by atoms with Gasteiger partial charge < -0.3 is 9.15 Å². The lowest BCUT2D eigenvalue weighted by atomic mass is 9.96. The molecule has 1 fully saturated rings. The second-order valence-corrected chi connectivity index (χ2v) is 10.7. The van der Waals surface area contributed by atoms with Crippen LogP contribution in [-0.4, -0.2) is 44.2 Å². The monoisotopic (exact) mass is 497 g/mol. The molecule has 10 heteroatoms. The Morgan fingerprint density at radius 3 is 2.46 bits per heavy atom. The summed E-state index contributed by atoms with van der Waals surface area (Å²) in [6.07, 6.45) is 5.88. The number of amides is 2. The van der Waals surface area contributed by atoms with Crippen LogP contribution in [0.3, 0.4) is 0 Å². The van der Waals surface area contributed by atoms with E-state index in [2.05, 4.69) is 10.9 Å². The zero-order chi connectivity index (χ0) is 24.4. The molecular formula is C25H27N3O6S. The van der Waals surface area contributed by atoms with E-state index in [1.54, 1.807) is 6.07 Å². The molecule has 0 bridgehead atoms. The molecule has 0 atom stereocenters. The van der Waals surface area contributed by atoms with Crippen molar-refractivity contribution in [2.75, 3.05) is 19.7 Å². The van der Waals surface area contributed by atoms with Gasteiger partial charge in [-0.25, -0.2) is 8.42 Å². The van der Waals surface area contributed by atoms with Crippen LogP contribution in [0.2, 0.25) is 0 Å². The summed E-state index contributed by atoms with van der Waals surface area (Å²) in [5, 5.41) is 1.01. The van der Waals surface area contributed by atoms with Gasteiger partial charge in [-0.15, -0.1) is 0 Å². The van der Waals surface area contributed by atoms with Gasteiger partial charge in [-0.05, 0) is 74.6 Å². The van der Waals surface area contributed by atoms with Crippen molar-refractivity contribution in [1.82, 2.24) is 15.2 Å². The SMILES string of the molecule is O=C(COc1ccc2oc3c(c2c1)CCCC3)NNC(=O)c1ccc(S(=O)(=O)N2CCCC2)cc1. The van der Waals surface area contributed by atoms with Gasteiger partial charge in [0.15, 0.2) is 6.61 Å². The number of hydrazine groups is 1. The minimum atomic E-state index is -3.55. The van der Waals surface area contributed by atoms with Crippen molar-refractivity contribution in [1.29, 1.82) is 0 Å². The molecule has 1 aromatic heterocycles. The summed E-state index contributed by atoms with van der Waals surface area (Å²) in [5.41, 5.74) is 6.89. The minimum absolute atomic E-state index is 0.143. The molecule has 0 spiro atoms. The fourth-order valence-corrected chi connectivity index (χ4v) is 6.09. The average molecular weight is 498 g/mol. The molecule has 35 heavy (non-hydrogen) atoms. The van der Waals surface area contributed by atoms with Crippen LogP contribution in [-0.2, 0) is 27.7 Å². The molecule has 5 rings (SSSR count). The molecule has 2 heterocycles. The molecular weight excluding hydrogens is 470 g/mol. The standard InChI is InChI=1S/C25H27N3O6S/c29-24(16-33-18-9-12-23-21(15-18)20-5-1-2-6-22(20)34-23)26-27-25(30)17-7-10-19(11-8-17)35(31,32)28-13-3-4-14-28/h7-12,15H,1-6,13-14,16H2,(H,26,29)(H,27,30). The van der Waals surface area contributed by atoms with Crippen molar-refractivity contribution in [3.8, 4) is 5.75 Å². The maximum absolute atomic E-state index is 12.6. The first kappa shape index (κ1) is 23.4. The van der Waals surface area contributed by atoms with Gasteiger partial charge in [0.2, 0.25) is 10.0 Å². The predicted octanol–water partition coefficient (Wildman–Crippen LogP) is 2.94. The number of hydrogen-bond donors (Lipinski definition) is 2. The number of aryl methyl sites for hydroxylation is 2. The number of furan rings is 1. The van der Waals surface area contributed by atoms with Crippen LogP contribution >= 0.6 is 0 Å². The van der Waals surface area contributed by atoms with Crippen molar-refractivity contribution in [3.63, 3.8) is 0 Å². The number of ether oxygens (including phenoxy) is 1. The number of nitrogens with one attached hydrogen (secondary N) is 2. The highest BCUT2D eigenvalue weighted by atomic mass is 32.2. The van der Waals surface area contributed by atoms with Crippen molar-refractivity contribution in [2.45, 2.75) is 43.4 Å². The van der Waals surface area contributed by atoms with E-state index >= 15 is 0 Å². The zero-order valence-corrected chi connectivity index (χ0v) is 20.0. The highest BCUT2D eigenvalue weighted by molar-refractivity contribution is 7.89. The molecule has 0 saturated carbocycles. The summed E-state index contributed by atoms with van der Waals surface area (Å²) in [6.45, 7) is 0.743. The molecule has 3 aromatic rings. The number of sulfonamides is 1. The Balaban J connectivity index is 1.14. The van der Waals surface area contributed by atoms with Gasteiger partial charge in [0.05, 0.1) is 4.90 Å². The highest BCUT2D eigenvalue weighted by Gasteiger charge is 2.27. The van der Waals surface area contributed by atoms with Gasteiger partial charge in [0.1, 0.15) is 17.1 Å². The fourth-order valence-electron chi connectivity index (χ4n) is 4.57. The van der Waals surface area contributed by atoms with Crippen LogP contribution in [0, 0.1) is 0 Å². The van der Waals surface area contributed by atoms with E-state index in [4.69, 9.17) is 9.15 Å². The summed E-state index contributed by atoms with van der Waals surface area (Å²) in [4.78, 5) is 24.7. The zero-order valence-electron chi connectivity index (χ0n) is 19.2. The van der Waals surface area contributed by atoms with Crippen LogP contribution in [0.4, 0.5) is 0 Å². The van der Waals surface area contributed by atoms with Gasteiger partial charge in [-0.2, -0.15) is 4.31 Å². The minimum Gasteiger partial charge on any atom is -0.484 e. The number of benzene rings is 2. The Morgan fingerprint density at radius 1 is 0.943 bits per heavy atom. The lowest BCUT2D eigenvalue weighted by molar-refractivity contribution is -0.123. The first-order valence-corrected chi connectivity index (χ1v) is 13.2. The van der Waals surface area contributed by atoms with Crippen molar-refractivity contribution < 1.29 is 27.2 Å². The number of carbonyl (C=O) groups is 2. The molecule has 0 unspecified atom stereocenters. The maximum Gasteiger partial charge on any atom is 0.276 e. The van der Waals surface area contributed by atoms with Crippen LogP contribution in [0.15, 0.2) is 51.8 Å². The average Bonchev–Trinajstić information content (AvgIpc) is 3.55. The van der Waals surface area contributed by atoms with E-state index < -0.39 is 21.8 Å². The summed E-state index contributed by atoms with van der Waals surface area (Å²) < 4.78 is 38.2. The molecule has 2 aliphatic rings. The molecule has 9 nitrogen and oxygen atoms in total. The number of fused-ring (bicyclic) bond motifs is 3. The molecule has 0 radical (unpaired) electrons. The van der Waals surface area contributed by atoms with Crippen LogP contribution in [0.1, 0.15) is 47.4 Å². The van der Waals surface area contributed by atoms with Crippen LogP contribution < -0.4 is 15.6 Å². The van der Waals surface area contributed by atoms with Crippen molar-refractivity contribution in [3.05, 3.63) is 59.4 Å². The van der Waals surface area contributed by atoms with E-state index in [0.29, 0.717) is 18.8 Å². The Hall–Kier alpha value is -3.37. The second kappa shape index (κ2) is 9.71. The van der Waals surface area contributed by atoms with E-state index in [-0.39, 0.29) is 17.1 Å². The van der Waals surface area contributed by atoms with Gasteiger partial charge in [-0.1, -0.05) is 0 Å². The lowest BCUT2D eigenvalue weighted by Gasteiger charge is -2.15. The number of hydrogen-bond acceptors (Lipinski definition) is 6. The Morgan fingerprint density at radius 2 is 1.69 bits per heavy atom. The lowest BCUT2D eigenvalue weighted by Crippen LogP contribution is -2.43. The number of carbonyl (C=O) groups excluding carboxylic acids is 2. The Bertz CT molecular complexity index is 1360. The molecule has 2 aromatic carbocycles. The maximum atomic E-state index is 12.6. The quantitative estimate of drug-likeness (QED) is 0.506. The second-order valence-electron chi connectivity index (χ2n) is 8.80. The number of rotatable bonds is 6. The number of nitrogens with zero attached hydrogens (tertiary/aromatic N) is 1. The predicted molar refractivity (Wildman–Crippen MR) is 128 cm³/mol. The Labute approximate surface area is 203 Å². The third kappa shape index (κ3) is 4.89. The molecule has 1 saturated heterocycles. The first-order chi connectivity index (χ1) is 16.9. The van der Waals surface area contributed by atoms with Gasteiger partial charge in [0.25, 0.3) is 11.8 Å². The Kier molecular flexibility index (Phi) is 6.48. The van der Waals surface area contributed by atoms with E-state index in [0.717, 1.165) is 55.3 Å². The van der Waals surface area contributed by atoms with Gasteiger partial charge >= 0.3 is 0 Å². The summed E-state index contributed by atoms with van der Waals surface area (Å²) in [6, 6.07) is 11.1. The van der Waals surface area contributed by atoms with Crippen LogP contribution in [0.5, 0.6) is 5.75 Å². The van der Waals surface area contributed by atoms with Crippen molar-refractivity contribution >= 4 is 32.8 Å². The summed E-state index contributed by atoms with van der Waals surface area (Å²) >= 11 is 0. The van der Waals surface area contributed by atoms with Crippen LogP contribution in [0.25, 0.3) is 11.0 Å². The van der Waals surface area contributed by atoms with E-state index in [9.17, 15) is 18.0 Å². The smallest absolute Gasteiger partial charge is 0.276 e. The third-order valence-corrected chi connectivity index (χ3v) is 8.34. The molecule has 1 aliphatic heterocycles. The molecule has 2 N–H and O–H groups in total. The largest absolute Gasteiger partial charge is 0.484 e. The first-order valence-electron chi connectivity index (χ1n) is 11.8. The van der Waals surface area contributed by atoms with E-state index in [1.165, 1.54) is 34.1 Å². The molecule has 184 valence electrons. The highest BCUT2D eigenvalue weighted by Crippen LogP contribution is 2.33. The third-order valence-electron chi connectivity index (χ3n) is 6.43. The summed E-state index contributed by atoms with van der Waals surface area (Å²) in [7, 11) is -3.55. The normalized spacial score (nSPS) is 16.1. The van der Waals surface area contributed by atoms with Crippen molar-refractivity contribution in [2.24, 2.45) is 0 Å². The van der Waals surface area contributed by atoms with Gasteiger partial charge in [0, 0.05) is 36.0 Å².